The highest BCUT2D eigenvalue weighted by atomic mass is 35.5. The molecular weight excluding hydrogens is 446 g/mol. The van der Waals surface area contributed by atoms with Crippen LogP contribution in [0.15, 0.2) is 47.4 Å². The number of sulfonamides is 1. The average Bonchev–Trinajstić information content (AvgIpc) is 2.99. The van der Waals surface area contributed by atoms with Crippen molar-refractivity contribution in [3.63, 3.8) is 0 Å². The minimum atomic E-state index is -3.50. The first-order valence-electron chi connectivity index (χ1n) is 9.60. The Labute approximate surface area is 185 Å². The minimum absolute atomic E-state index is 0.240. The second kappa shape index (κ2) is 10.3. The zero-order valence-electron chi connectivity index (χ0n) is 16.3. The van der Waals surface area contributed by atoms with E-state index in [1.807, 2.05) is 0 Å². The summed E-state index contributed by atoms with van der Waals surface area (Å²) >= 11 is 6.91. The Morgan fingerprint density at radius 2 is 1.70 bits per heavy atom. The predicted molar refractivity (Wildman–Crippen MR) is 117 cm³/mol. The number of Topliss-reactive ketones (excluding diaryl/α,β-unsaturated/α-hetero) is 1. The zero-order valence-corrected chi connectivity index (χ0v) is 18.6. The van der Waals surface area contributed by atoms with Gasteiger partial charge in [-0.2, -0.15) is 4.31 Å². The van der Waals surface area contributed by atoms with Crippen LogP contribution < -0.4 is 0 Å². The number of hydrogen-bond acceptors (Lipinski definition) is 6. The number of nitrogens with zero attached hydrogens (tertiary/aromatic N) is 1. The summed E-state index contributed by atoms with van der Waals surface area (Å²) in [6.45, 7) is 0.728. The number of esters is 1. The monoisotopic (exact) mass is 467 g/mol. The van der Waals surface area contributed by atoms with Gasteiger partial charge in [-0.1, -0.05) is 36.6 Å². The molecule has 1 aromatic carbocycles. The van der Waals surface area contributed by atoms with Crippen LogP contribution in [0.4, 0.5) is 0 Å². The number of ketones is 1. The van der Waals surface area contributed by atoms with E-state index in [1.165, 1.54) is 24.3 Å². The van der Waals surface area contributed by atoms with E-state index < -0.39 is 16.0 Å². The van der Waals surface area contributed by atoms with Crippen LogP contribution in [-0.4, -0.2) is 44.2 Å². The lowest BCUT2D eigenvalue weighted by Crippen LogP contribution is -2.31. The fourth-order valence-electron chi connectivity index (χ4n) is 3.07. The predicted octanol–water partition coefficient (Wildman–Crippen LogP) is 4.41. The van der Waals surface area contributed by atoms with Gasteiger partial charge in [0.15, 0.2) is 6.61 Å². The highest BCUT2D eigenvalue weighted by Crippen LogP contribution is 2.22. The van der Waals surface area contributed by atoms with Crippen LogP contribution in [0.2, 0.25) is 4.34 Å². The number of thiophene rings is 1. The quantitative estimate of drug-likeness (QED) is 0.342. The Hall–Kier alpha value is -2.00. The fourth-order valence-corrected chi connectivity index (χ4v) is 5.55. The molecule has 1 aliphatic heterocycles. The number of ether oxygens (including phenoxy) is 1. The van der Waals surface area contributed by atoms with E-state index in [9.17, 15) is 18.0 Å². The van der Waals surface area contributed by atoms with E-state index in [2.05, 4.69) is 0 Å². The SMILES string of the molecule is O=C(C=Cc1ccc(S(=O)(=O)N2CCCCCC2)cc1)OCC(=O)c1ccc(Cl)s1. The van der Waals surface area contributed by atoms with Gasteiger partial charge in [0.25, 0.3) is 0 Å². The summed E-state index contributed by atoms with van der Waals surface area (Å²) in [5.41, 5.74) is 0.651. The Balaban J connectivity index is 1.56. The van der Waals surface area contributed by atoms with Gasteiger partial charge in [-0.3, -0.25) is 4.79 Å². The van der Waals surface area contributed by atoms with E-state index in [1.54, 1.807) is 28.6 Å². The summed E-state index contributed by atoms with van der Waals surface area (Å²) in [7, 11) is -3.50. The molecule has 0 bridgehead atoms. The molecule has 2 heterocycles. The lowest BCUT2D eigenvalue weighted by Gasteiger charge is -2.19. The summed E-state index contributed by atoms with van der Waals surface area (Å²) in [5, 5.41) is 0. The second-order valence-electron chi connectivity index (χ2n) is 6.86. The first-order chi connectivity index (χ1) is 14.4. The van der Waals surface area contributed by atoms with E-state index in [4.69, 9.17) is 16.3 Å². The van der Waals surface area contributed by atoms with Crippen LogP contribution in [0.5, 0.6) is 0 Å². The summed E-state index contributed by atoms with van der Waals surface area (Å²) in [5.74, 6) is -0.982. The molecule has 0 N–H and O–H groups in total. The molecule has 1 fully saturated rings. The van der Waals surface area contributed by atoms with Crippen molar-refractivity contribution >= 4 is 50.8 Å². The molecule has 0 atom stereocenters. The largest absolute Gasteiger partial charge is 0.454 e. The van der Waals surface area contributed by atoms with Gasteiger partial charge in [0.05, 0.1) is 14.1 Å². The topological polar surface area (TPSA) is 80.8 Å². The molecule has 160 valence electrons. The van der Waals surface area contributed by atoms with Crippen LogP contribution in [0, 0.1) is 0 Å². The van der Waals surface area contributed by atoms with Crippen molar-refractivity contribution in [1.82, 2.24) is 4.31 Å². The van der Waals surface area contributed by atoms with Crippen LogP contribution in [0.1, 0.15) is 40.9 Å². The molecule has 0 radical (unpaired) electrons. The van der Waals surface area contributed by atoms with Crippen molar-refractivity contribution < 1.29 is 22.7 Å². The Kier molecular flexibility index (Phi) is 7.82. The summed E-state index contributed by atoms with van der Waals surface area (Å²) in [6, 6.07) is 9.53. The summed E-state index contributed by atoms with van der Waals surface area (Å²) < 4.78 is 32.5. The van der Waals surface area contributed by atoms with Gasteiger partial charge >= 0.3 is 5.97 Å². The third kappa shape index (κ3) is 6.01. The number of hydrogen-bond donors (Lipinski definition) is 0. The number of carbonyl (C=O) groups excluding carboxylic acids is 2. The maximum Gasteiger partial charge on any atom is 0.331 e. The Morgan fingerprint density at radius 1 is 1.03 bits per heavy atom. The van der Waals surface area contributed by atoms with Gasteiger partial charge in [0, 0.05) is 19.2 Å². The maximum absolute atomic E-state index is 12.8. The first-order valence-corrected chi connectivity index (χ1v) is 12.2. The van der Waals surface area contributed by atoms with Crippen LogP contribution in [-0.2, 0) is 19.6 Å². The van der Waals surface area contributed by atoms with Crippen molar-refractivity contribution in [2.24, 2.45) is 0 Å². The van der Waals surface area contributed by atoms with Gasteiger partial charge < -0.3 is 4.74 Å². The summed E-state index contributed by atoms with van der Waals surface area (Å²) in [4.78, 5) is 24.4. The molecule has 0 saturated carbocycles. The van der Waals surface area contributed by atoms with Crippen LogP contribution in [0.25, 0.3) is 6.08 Å². The Morgan fingerprint density at radius 3 is 2.30 bits per heavy atom. The van der Waals surface area contributed by atoms with Crippen molar-refractivity contribution in [2.45, 2.75) is 30.6 Å². The normalized spacial score (nSPS) is 15.8. The molecule has 0 aliphatic carbocycles. The van der Waals surface area contributed by atoms with E-state index in [0.717, 1.165) is 37.0 Å². The van der Waals surface area contributed by atoms with E-state index >= 15 is 0 Å². The highest BCUT2D eigenvalue weighted by Gasteiger charge is 2.24. The number of halogens is 1. The molecule has 0 spiro atoms. The number of carbonyl (C=O) groups is 2. The molecule has 0 unspecified atom stereocenters. The van der Waals surface area contributed by atoms with E-state index in [0.29, 0.717) is 27.9 Å². The smallest absolute Gasteiger partial charge is 0.331 e. The van der Waals surface area contributed by atoms with Gasteiger partial charge in [-0.25, -0.2) is 13.2 Å². The van der Waals surface area contributed by atoms with Gasteiger partial charge in [-0.05, 0) is 48.7 Å². The van der Waals surface area contributed by atoms with Crippen molar-refractivity contribution in [1.29, 1.82) is 0 Å². The van der Waals surface area contributed by atoms with Crippen molar-refractivity contribution in [3.8, 4) is 0 Å². The standard InChI is InChI=1S/C21H22ClNO5S2/c22-20-11-10-19(29-20)18(24)15-28-21(25)12-7-16-5-8-17(9-6-16)30(26,27)23-13-3-1-2-4-14-23/h5-12H,1-4,13-15H2. The molecule has 0 amide bonds. The molecule has 1 aliphatic rings. The molecule has 1 aromatic heterocycles. The van der Waals surface area contributed by atoms with Crippen LogP contribution >= 0.6 is 22.9 Å². The fraction of sp³-hybridized carbons (Fsp3) is 0.333. The molecule has 3 rings (SSSR count). The highest BCUT2D eigenvalue weighted by molar-refractivity contribution is 7.89. The van der Waals surface area contributed by atoms with Gasteiger partial charge in [0.2, 0.25) is 15.8 Å². The third-order valence-electron chi connectivity index (χ3n) is 4.69. The minimum Gasteiger partial charge on any atom is -0.454 e. The zero-order chi connectivity index (χ0) is 21.6. The van der Waals surface area contributed by atoms with Crippen molar-refractivity contribution in [3.05, 3.63) is 57.3 Å². The molecule has 9 heteroatoms. The summed E-state index contributed by atoms with van der Waals surface area (Å²) in [6.07, 6.45) is 6.58. The molecule has 30 heavy (non-hydrogen) atoms. The number of benzene rings is 1. The second-order valence-corrected chi connectivity index (χ2v) is 10.5. The first kappa shape index (κ1) is 22.7. The molecular formula is C21H22ClNO5S2. The molecule has 2 aromatic rings. The van der Waals surface area contributed by atoms with Crippen LogP contribution in [0.3, 0.4) is 0 Å². The Bertz CT molecular complexity index is 1020. The maximum atomic E-state index is 12.8. The third-order valence-corrected chi connectivity index (χ3v) is 7.87. The van der Waals surface area contributed by atoms with Gasteiger partial charge in [0.1, 0.15) is 0 Å². The lowest BCUT2D eigenvalue weighted by molar-refractivity contribution is -0.136. The van der Waals surface area contributed by atoms with E-state index in [-0.39, 0.29) is 17.3 Å². The molecule has 1 saturated heterocycles. The number of rotatable bonds is 7. The van der Waals surface area contributed by atoms with Gasteiger partial charge in [-0.15, -0.1) is 11.3 Å². The average molecular weight is 468 g/mol. The lowest BCUT2D eigenvalue weighted by atomic mass is 10.2. The van der Waals surface area contributed by atoms with Crippen molar-refractivity contribution in [2.75, 3.05) is 19.7 Å². The molecule has 6 nitrogen and oxygen atoms in total.